The number of rotatable bonds is 9. The third-order valence-corrected chi connectivity index (χ3v) is 9.00. The number of para-hydroxylation sites is 1. The van der Waals surface area contributed by atoms with Gasteiger partial charge in [0.1, 0.15) is 0 Å². The van der Waals surface area contributed by atoms with Gasteiger partial charge in [-0.05, 0) is 71.5 Å². The van der Waals surface area contributed by atoms with E-state index in [4.69, 9.17) is 0 Å². The third kappa shape index (κ3) is 6.23. The van der Waals surface area contributed by atoms with E-state index in [-0.39, 0.29) is 29.3 Å². The van der Waals surface area contributed by atoms with E-state index in [0.717, 1.165) is 22.3 Å². The molecule has 4 aromatic carbocycles. The largest absolute Gasteiger partial charge is 0.352 e. The van der Waals surface area contributed by atoms with Gasteiger partial charge in [-0.2, -0.15) is 0 Å². The molecule has 2 amide bonds. The number of amides is 2. The predicted molar refractivity (Wildman–Crippen MR) is 161 cm³/mol. The van der Waals surface area contributed by atoms with Crippen LogP contribution in [0.15, 0.2) is 121 Å². The lowest BCUT2D eigenvalue weighted by Gasteiger charge is -2.35. The molecule has 0 aliphatic carbocycles. The number of fused-ring (bicyclic) bond motifs is 1. The minimum Gasteiger partial charge on any atom is -0.352 e. The lowest BCUT2D eigenvalue weighted by Crippen LogP contribution is -2.40. The monoisotopic (exact) mass is 565 g/mol. The molecule has 1 aliphatic heterocycles. The molecular weight excluding hydrogens is 534 g/mol. The van der Waals surface area contributed by atoms with Crippen LogP contribution < -0.4 is 14.9 Å². The minimum absolute atomic E-state index is 0.0935. The lowest BCUT2D eigenvalue weighted by atomic mass is 9.98. The number of hydrogen-bond acceptors (Lipinski definition) is 4. The molecule has 5 rings (SSSR count). The van der Waals surface area contributed by atoms with Crippen molar-refractivity contribution in [3.63, 3.8) is 0 Å². The molecular formula is C33H31N3O4S. The van der Waals surface area contributed by atoms with Crippen molar-refractivity contribution >= 4 is 27.5 Å². The predicted octanol–water partition coefficient (Wildman–Crippen LogP) is 5.27. The van der Waals surface area contributed by atoms with Crippen LogP contribution >= 0.6 is 0 Å². The summed E-state index contributed by atoms with van der Waals surface area (Å²) in [5, 5.41) is 5.78. The molecule has 0 saturated carbocycles. The first kappa shape index (κ1) is 27.9. The van der Waals surface area contributed by atoms with E-state index in [9.17, 15) is 18.0 Å². The molecule has 208 valence electrons. The standard InChI is InChI=1S/C33H31N3O4S/c1-2-32(37)35-30-21-23-36(31-11-7-6-10-29(30)31)41(39,40)28-18-16-27(17-19-28)33(38)34-22-20-24-12-14-26(15-13-24)25-8-4-3-5-9-25/h2-19,30H,1,20-23H2,(H,34,38)(H,35,37). The maximum absolute atomic E-state index is 13.6. The second kappa shape index (κ2) is 12.2. The normalized spacial score (nSPS) is 14.5. The smallest absolute Gasteiger partial charge is 0.264 e. The fourth-order valence-electron chi connectivity index (χ4n) is 4.98. The third-order valence-electron chi connectivity index (χ3n) is 7.17. The molecule has 8 heteroatoms. The van der Waals surface area contributed by atoms with Gasteiger partial charge in [0.05, 0.1) is 16.6 Å². The van der Waals surface area contributed by atoms with Gasteiger partial charge in [-0.1, -0.05) is 79.4 Å². The average Bonchev–Trinajstić information content (AvgIpc) is 3.01. The Morgan fingerprint density at radius 1 is 0.854 bits per heavy atom. The first-order chi connectivity index (χ1) is 19.9. The van der Waals surface area contributed by atoms with Gasteiger partial charge in [-0.15, -0.1) is 0 Å². The van der Waals surface area contributed by atoms with Gasteiger partial charge in [-0.25, -0.2) is 8.42 Å². The number of nitrogens with zero attached hydrogens (tertiary/aromatic N) is 1. The van der Waals surface area contributed by atoms with Crippen molar-refractivity contribution in [1.29, 1.82) is 0 Å². The Balaban J connectivity index is 1.21. The molecule has 7 nitrogen and oxygen atoms in total. The highest BCUT2D eigenvalue weighted by atomic mass is 32.2. The van der Waals surface area contributed by atoms with Crippen molar-refractivity contribution in [1.82, 2.24) is 10.6 Å². The van der Waals surface area contributed by atoms with Gasteiger partial charge in [0.2, 0.25) is 5.91 Å². The number of benzene rings is 4. The van der Waals surface area contributed by atoms with Crippen molar-refractivity contribution in [3.8, 4) is 11.1 Å². The second-order valence-electron chi connectivity index (χ2n) is 9.78. The van der Waals surface area contributed by atoms with Crippen LogP contribution in [0.5, 0.6) is 0 Å². The van der Waals surface area contributed by atoms with Crippen LogP contribution in [0, 0.1) is 0 Å². The minimum atomic E-state index is -3.88. The van der Waals surface area contributed by atoms with Crippen molar-refractivity contribution < 1.29 is 18.0 Å². The summed E-state index contributed by atoms with van der Waals surface area (Å²) in [4.78, 5) is 24.7. The van der Waals surface area contributed by atoms with Gasteiger partial charge in [0.15, 0.2) is 0 Å². The summed E-state index contributed by atoms with van der Waals surface area (Å²) in [6.07, 6.45) is 2.30. The van der Waals surface area contributed by atoms with Crippen molar-refractivity contribution in [2.75, 3.05) is 17.4 Å². The zero-order chi connectivity index (χ0) is 28.8. The molecule has 4 aromatic rings. The van der Waals surface area contributed by atoms with Crippen LogP contribution in [0.3, 0.4) is 0 Å². The molecule has 1 heterocycles. The number of carbonyl (C=O) groups is 2. The number of nitrogens with one attached hydrogen (secondary N) is 2. The van der Waals surface area contributed by atoms with E-state index >= 15 is 0 Å². The van der Waals surface area contributed by atoms with E-state index in [1.54, 1.807) is 12.1 Å². The van der Waals surface area contributed by atoms with Gasteiger partial charge in [-0.3, -0.25) is 13.9 Å². The highest BCUT2D eigenvalue weighted by molar-refractivity contribution is 7.92. The first-order valence-electron chi connectivity index (χ1n) is 13.4. The molecule has 1 atom stereocenters. The van der Waals surface area contributed by atoms with Crippen LogP contribution in [-0.2, 0) is 21.2 Å². The first-order valence-corrected chi connectivity index (χ1v) is 14.9. The Hall–Kier alpha value is -4.69. The van der Waals surface area contributed by atoms with Crippen molar-refractivity contribution in [2.45, 2.75) is 23.8 Å². The average molecular weight is 566 g/mol. The molecule has 0 spiro atoms. The molecule has 1 aliphatic rings. The summed E-state index contributed by atoms with van der Waals surface area (Å²) in [5.41, 5.74) is 5.04. The molecule has 0 saturated heterocycles. The highest BCUT2D eigenvalue weighted by Crippen LogP contribution is 2.37. The van der Waals surface area contributed by atoms with Crippen molar-refractivity contribution in [2.24, 2.45) is 0 Å². The maximum atomic E-state index is 13.6. The summed E-state index contributed by atoms with van der Waals surface area (Å²) in [7, 11) is -3.88. The number of anilines is 1. The van der Waals surface area contributed by atoms with E-state index < -0.39 is 10.0 Å². The van der Waals surface area contributed by atoms with Crippen LogP contribution in [0.4, 0.5) is 5.69 Å². The zero-order valence-electron chi connectivity index (χ0n) is 22.5. The van der Waals surface area contributed by atoms with Crippen LogP contribution in [-0.4, -0.2) is 33.3 Å². The number of hydrogen-bond donors (Lipinski definition) is 2. The molecule has 41 heavy (non-hydrogen) atoms. The second-order valence-corrected chi connectivity index (χ2v) is 11.6. The molecule has 0 aromatic heterocycles. The molecule has 0 radical (unpaired) electrons. The van der Waals surface area contributed by atoms with Gasteiger partial charge >= 0.3 is 0 Å². The van der Waals surface area contributed by atoms with Gasteiger partial charge in [0.25, 0.3) is 15.9 Å². The Bertz CT molecular complexity index is 1650. The number of carbonyl (C=O) groups excluding carboxylic acids is 2. The van der Waals surface area contributed by atoms with Gasteiger partial charge in [0, 0.05) is 18.7 Å². The fraction of sp³-hybridized carbons (Fsp3) is 0.152. The summed E-state index contributed by atoms with van der Waals surface area (Å²) in [6.45, 7) is 4.15. The molecule has 1 unspecified atom stereocenters. The summed E-state index contributed by atoms with van der Waals surface area (Å²) >= 11 is 0. The molecule has 0 fully saturated rings. The number of sulfonamides is 1. The van der Waals surface area contributed by atoms with E-state index in [1.165, 1.54) is 34.6 Å². The quantitative estimate of drug-likeness (QED) is 0.271. The van der Waals surface area contributed by atoms with E-state index in [0.29, 0.717) is 30.6 Å². The summed E-state index contributed by atoms with van der Waals surface area (Å²) in [6, 6.07) is 31.2. The zero-order valence-corrected chi connectivity index (χ0v) is 23.3. The summed E-state index contributed by atoms with van der Waals surface area (Å²) in [5.74, 6) is -0.574. The molecule has 2 N–H and O–H groups in total. The lowest BCUT2D eigenvalue weighted by molar-refractivity contribution is -0.117. The van der Waals surface area contributed by atoms with E-state index in [1.807, 2.05) is 30.3 Å². The fourth-order valence-corrected chi connectivity index (χ4v) is 6.49. The topological polar surface area (TPSA) is 95.6 Å². The SMILES string of the molecule is C=CC(=O)NC1CCN(S(=O)(=O)c2ccc(C(=O)NCCc3ccc(-c4ccccc4)cc3)cc2)c2ccccc21. The maximum Gasteiger partial charge on any atom is 0.264 e. The van der Waals surface area contributed by atoms with Crippen molar-refractivity contribution in [3.05, 3.63) is 132 Å². The Kier molecular flexibility index (Phi) is 8.31. The van der Waals surface area contributed by atoms with Crippen LogP contribution in [0.2, 0.25) is 0 Å². The highest BCUT2D eigenvalue weighted by Gasteiger charge is 2.33. The summed E-state index contributed by atoms with van der Waals surface area (Å²) < 4.78 is 28.5. The van der Waals surface area contributed by atoms with Crippen LogP contribution in [0.1, 0.15) is 33.9 Å². The van der Waals surface area contributed by atoms with Crippen LogP contribution in [0.25, 0.3) is 11.1 Å². The Morgan fingerprint density at radius 2 is 1.51 bits per heavy atom. The Morgan fingerprint density at radius 3 is 2.22 bits per heavy atom. The van der Waals surface area contributed by atoms with Gasteiger partial charge < -0.3 is 10.6 Å². The molecule has 0 bridgehead atoms. The van der Waals surface area contributed by atoms with E-state index in [2.05, 4.69) is 53.6 Å². The Labute approximate surface area is 240 Å².